The summed E-state index contributed by atoms with van der Waals surface area (Å²) in [5.41, 5.74) is -0.274. The maximum absolute atomic E-state index is 14.0. The quantitative estimate of drug-likeness (QED) is 0.360. The largest absolute Gasteiger partial charge is 0.478 e. The zero-order valence-electron chi connectivity index (χ0n) is 18.8. The summed E-state index contributed by atoms with van der Waals surface area (Å²) >= 11 is 5.96. The van der Waals surface area contributed by atoms with Gasteiger partial charge in [0.05, 0.1) is 0 Å². The molecule has 0 aliphatic heterocycles. The summed E-state index contributed by atoms with van der Waals surface area (Å²) in [6, 6.07) is 12.3. The summed E-state index contributed by atoms with van der Waals surface area (Å²) in [5, 5.41) is 3.36. The van der Waals surface area contributed by atoms with Crippen LogP contribution < -0.4 is 10.1 Å². The second kappa shape index (κ2) is 10.5. The standard InChI is InChI=1S/C26H24ClF4NO2/c1-15(32-25(33)26(2,3)34-23-13-21(30)12-22(31)14-23)24(8-16-4-6-18(27)7-5-16)17-9-19(28)11-20(29)10-17/h4-7,9-15,24H,8H2,1-3H3,(H,32,33). The lowest BCUT2D eigenvalue weighted by atomic mass is 9.86. The minimum absolute atomic E-state index is 0.143. The van der Waals surface area contributed by atoms with E-state index in [-0.39, 0.29) is 5.75 Å². The summed E-state index contributed by atoms with van der Waals surface area (Å²) < 4.78 is 60.5. The van der Waals surface area contributed by atoms with Gasteiger partial charge in [-0.1, -0.05) is 23.7 Å². The molecule has 8 heteroatoms. The Bertz CT molecular complexity index is 1130. The van der Waals surface area contributed by atoms with Gasteiger partial charge in [-0.2, -0.15) is 0 Å². The molecule has 0 saturated carbocycles. The fourth-order valence-electron chi connectivity index (χ4n) is 3.66. The fraction of sp³-hybridized carbons (Fsp3) is 0.269. The van der Waals surface area contributed by atoms with Crippen LogP contribution >= 0.6 is 11.6 Å². The molecular weight excluding hydrogens is 470 g/mol. The van der Waals surface area contributed by atoms with Gasteiger partial charge in [0.1, 0.15) is 29.0 Å². The van der Waals surface area contributed by atoms with Gasteiger partial charge in [-0.05, 0) is 62.6 Å². The number of rotatable bonds is 8. The first-order valence-electron chi connectivity index (χ1n) is 10.6. The van der Waals surface area contributed by atoms with Gasteiger partial charge >= 0.3 is 0 Å². The van der Waals surface area contributed by atoms with Crippen LogP contribution in [-0.4, -0.2) is 17.6 Å². The van der Waals surface area contributed by atoms with E-state index in [0.29, 0.717) is 23.1 Å². The Kier molecular flexibility index (Phi) is 7.87. The zero-order chi connectivity index (χ0) is 25.0. The highest BCUT2D eigenvalue weighted by Gasteiger charge is 2.33. The number of halogens is 5. The SMILES string of the molecule is CC(NC(=O)C(C)(C)Oc1cc(F)cc(F)c1)C(Cc1ccc(Cl)cc1)c1cc(F)cc(F)c1. The first kappa shape index (κ1) is 25.6. The van der Waals surface area contributed by atoms with Crippen molar-refractivity contribution in [2.75, 3.05) is 0 Å². The van der Waals surface area contributed by atoms with E-state index in [4.69, 9.17) is 16.3 Å². The number of nitrogens with one attached hydrogen (secondary N) is 1. The van der Waals surface area contributed by atoms with Crippen molar-refractivity contribution in [2.45, 2.75) is 44.8 Å². The molecule has 0 aromatic heterocycles. The Morgan fingerprint density at radius 1 is 0.912 bits per heavy atom. The molecule has 1 amide bonds. The predicted molar refractivity (Wildman–Crippen MR) is 123 cm³/mol. The lowest BCUT2D eigenvalue weighted by Crippen LogP contribution is -2.51. The van der Waals surface area contributed by atoms with Crippen molar-refractivity contribution in [1.82, 2.24) is 5.32 Å². The van der Waals surface area contributed by atoms with Crippen LogP contribution in [0, 0.1) is 23.3 Å². The number of benzene rings is 3. The van der Waals surface area contributed by atoms with Crippen molar-refractivity contribution < 1.29 is 27.1 Å². The van der Waals surface area contributed by atoms with Gasteiger partial charge in [0.15, 0.2) is 5.60 Å². The summed E-state index contributed by atoms with van der Waals surface area (Å²) in [4.78, 5) is 13.0. The van der Waals surface area contributed by atoms with Crippen LogP contribution in [0.3, 0.4) is 0 Å². The zero-order valence-corrected chi connectivity index (χ0v) is 19.6. The van der Waals surface area contributed by atoms with Gasteiger partial charge in [-0.25, -0.2) is 17.6 Å². The van der Waals surface area contributed by atoms with Crippen LogP contribution in [-0.2, 0) is 11.2 Å². The molecule has 2 atom stereocenters. The number of carbonyl (C=O) groups excluding carboxylic acids is 1. The van der Waals surface area contributed by atoms with Gasteiger partial charge < -0.3 is 10.1 Å². The molecule has 0 heterocycles. The monoisotopic (exact) mass is 493 g/mol. The summed E-state index contributed by atoms with van der Waals surface area (Å²) in [6.45, 7) is 4.61. The van der Waals surface area contributed by atoms with Crippen LogP contribution in [0.4, 0.5) is 17.6 Å². The molecule has 0 saturated heterocycles. The highest BCUT2D eigenvalue weighted by atomic mass is 35.5. The Hall–Kier alpha value is -3.06. The lowest BCUT2D eigenvalue weighted by Gasteiger charge is -2.31. The Labute approximate surface area is 200 Å². The van der Waals surface area contributed by atoms with Crippen LogP contribution in [0.25, 0.3) is 0 Å². The molecule has 34 heavy (non-hydrogen) atoms. The first-order chi connectivity index (χ1) is 15.9. The number of hydrogen-bond acceptors (Lipinski definition) is 2. The van der Waals surface area contributed by atoms with E-state index in [1.54, 1.807) is 31.2 Å². The molecule has 0 bridgehead atoms. The molecule has 0 aliphatic rings. The normalized spacial score (nSPS) is 13.3. The van der Waals surface area contributed by atoms with Crippen molar-refractivity contribution in [3.05, 3.63) is 100 Å². The van der Waals surface area contributed by atoms with E-state index in [1.165, 1.54) is 26.0 Å². The van der Waals surface area contributed by atoms with E-state index >= 15 is 0 Å². The molecule has 0 aliphatic carbocycles. The molecule has 1 N–H and O–H groups in total. The third-order valence-corrected chi connectivity index (χ3v) is 5.65. The number of ether oxygens (including phenoxy) is 1. The van der Waals surface area contributed by atoms with Crippen molar-refractivity contribution in [1.29, 1.82) is 0 Å². The van der Waals surface area contributed by atoms with Crippen LogP contribution in [0.15, 0.2) is 60.7 Å². The minimum Gasteiger partial charge on any atom is -0.478 e. The molecule has 3 aromatic carbocycles. The first-order valence-corrected chi connectivity index (χ1v) is 11.0. The van der Waals surface area contributed by atoms with E-state index in [0.717, 1.165) is 23.8 Å². The van der Waals surface area contributed by atoms with Gasteiger partial charge in [0.25, 0.3) is 5.91 Å². The second-order valence-corrected chi connectivity index (χ2v) is 9.06. The summed E-state index contributed by atoms with van der Waals surface area (Å²) in [5.74, 6) is -4.35. The van der Waals surface area contributed by atoms with Crippen molar-refractivity contribution in [3.8, 4) is 5.75 Å². The van der Waals surface area contributed by atoms with E-state index in [1.807, 2.05) is 0 Å². The third kappa shape index (κ3) is 6.73. The maximum Gasteiger partial charge on any atom is 0.263 e. The van der Waals surface area contributed by atoms with Crippen molar-refractivity contribution in [3.63, 3.8) is 0 Å². The van der Waals surface area contributed by atoms with E-state index in [2.05, 4.69) is 5.32 Å². The minimum atomic E-state index is -1.49. The molecule has 3 aromatic rings. The van der Waals surface area contributed by atoms with Gasteiger partial charge in [0.2, 0.25) is 0 Å². The fourth-order valence-corrected chi connectivity index (χ4v) is 3.78. The highest BCUT2D eigenvalue weighted by molar-refractivity contribution is 6.30. The van der Waals surface area contributed by atoms with Crippen molar-refractivity contribution in [2.24, 2.45) is 0 Å². The highest BCUT2D eigenvalue weighted by Crippen LogP contribution is 2.28. The second-order valence-electron chi connectivity index (χ2n) is 8.62. The van der Waals surface area contributed by atoms with Crippen molar-refractivity contribution >= 4 is 17.5 Å². The lowest BCUT2D eigenvalue weighted by molar-refractivity contribution is -0.135. The predicted octanol–water partition coefficient (Wildman–Crippen LogP) is 6.59. The van der Waals surface area contributed by atoms with Crippen LogP contribution in [0.1, 0.15) is 37.8 Å². The number of hydrogen-bond donors (Lipinski definition) is 1. The summed E-state index contributed by atoms with van der Waals surface area (Å²) in [6.07, 6.45) is 0.359. The van der Waals surface area contributed by atoms with Gasteiger partial charge in [0, 0.05) is 41.2 Å². The molecule has 3 rings (SSSR count). The average Bonchev–Trinajstić information content (AvgIpc) is 2.71. The van der Waals surface area contributed by atoms with Crippen LogP contribution in [0.5, 0.6) is 5.75 Å². The molecule has 0 radical (unpaired) electrons. The third-order valence-electron chi connectivity index (χ3n) is 5.40. The molecule has 180 valence electrons. The van der Waals surface area contributed by atoms with E-state index in [9.17, 15) is 22.4 Å². The molecule has 3 nitrogen and oxygen atoms in total. The van der Waals surface area contributed by atoms with Gasteiger partial charge in [-0.15, -0.1) is 0 Å². The Morgan fingerprint density at radius 3 is 1.94 bits per heavy atom. The average molecular weight is 494 g/mol. The molecular formula is C26H24ClF4NO2. The smallest absolute Gasteiger partial charge is 0.263 e. The number of carbonyl (C=O) groups is 1. The molecule has 2 unspecified atom stereocenters. The molecule has 0 fully saturated rings. The topological polar surface area (TPSA) is 38.3 Å². The Morgan fingerprint density at radius 2 is 1.41 bits per heavy atom. The van der Waals surface area contributed by atoms with E-state index < -0.39 is 46.7 Å². The summed E-state index contributed by atoms with van der Waals surface area (Å²) in [7, 11) is 0. The number of amides is 1. The van der Waals surface area contributed by atoms with Gasteiger partial charge in [-0.3, -0.25) is 4.79 Å². The maximum atomic E-state index is 14.0. The molecule has 0 spiro atoms. The van der Waals surface area contributed by atoms with Crippen LogP contribution in [0.2, 0.25) is 5.02 Å². The Balaban J connectivity index is 1.83.